The van der Waals surface area contributed by atoms with Crippen molar-refractivity contribution in [2.45, 2.75) is 27.2 Å². The van der Waals surface area contributed by atoms with Crippen LogP contribution in [0.25, 0.3) is 32.6 Å². The molecule has 2 aromatic heterocycles. The number of hydrogen-bond donors (Lipinski definition) is 2. The lowest BCUT2D eigenvalue weighted by Gasteiger charge is -2.18. The number of methoxy groups -OCH3 is 1. The minimum atomic E-state index is 0.436. The third kappa shape index (κ3) is 3.84. The van der Waals surface area contributed by atoms with Gasteiger partial charge in [0.2, 0.25) is 0 Å². The molecule has 0 aliphatic rings. The van der Waals surface area contributed by atoms with Gasteiger partial charge in [-0.25, -0.2) is 4.98 Å². The van der Waals surface area contributed by atoms with Crippen molar-refractivity contribution in [3.8, 4) is 11.5 Å². The lowest BCUT2D eigenvalue weighted by molar-refractivity contribution is 0.243. The second-order valence-corrected chi connectivity index (χ2v) is 7.97. The quantitative estimate of drug-likeness (QED) is 0.239. The first-order valence-electron chi connectivity index (χ1n) is 11.1. The van der Waals surface area contributed by atoms with Gasteiger partial charge in [-0.15, -0.1) is 0 Å². The van der Waals surface area contributed by atoms with Gasteiger partial charge in [0, 0.05) is 46.0 Å². The molecule has 7 nitrogen and oxygen atoms in total. The molecule has 2 heterocycles. The van der Waals surface area contributed by atoms with Crippen LogP contribution >= 0.6 is 0 Å². The van der Waals surface area contributed by atoms with E-state index in [-0.39, 0.29) is 0 Å². The second-order valence-electron chi connectivity index (χ2n) is 7.97. The highest BCUT2D eigenvalue weighted by Crippen LogP contribution is 2.39. The molecule has 0 saturated heterocycles. The van der Waals surface area contributed by atoms with Crippen molar-refractivity contribution in [1.29, 1.82) is 0 Å². The number of ether oxygens (including phenoxy) is 2. The van der Waals surface area contributed by atoms with E-state index in [9.17, 15) is 0 Å². The minimum Gasteiger partial charge on any atom is -0.493 e. The Balaban J connectivity index is 1.80. The van der Waals surface area contributed by atoms with Crippen LogP contribution in [0, 0.1) is 6.92 Å². The van der Waals surface area contributed by atoms with Crippen molar-refractivity contribution in [1.82, 2.24) is 14.9 Å². The molecular formula is C25H31N5O2. The molecule has 0 saturated carbocycles. The van der Waals surface area contributed by atoms with Gasteiger partial charge in [-0.05, 0) is 44.1 Å². The number of aromatic nitrogens is 2. The highest BCUT2D eigenvalue weighted by atomic mass is 16.5. The van der Waals surface area contributed by atoms with Crippen LogP contribution in [0.15, 0.2) is 30.5 Å². The lowest BCUT2D eigenvalue weighted by Crippen LogP contribution is -2.25. The third-order valence-corrected chi connectivity index (χ3v) is 6.17. The molecular weight excluding hydrogens is 402 g/mol. The van der Waals surface area contributed by atoms with E-state index in [4.69, 9.17) is 20.9 Å². The SMILES string of the molecule is CCN(CC)CCCOc1cc2ncc3c(N)nc4c(C)c(N)ccc4c3c2cc1OC. The largest absolute Gasteiger partial charge is 0.493 e. The van der Waals surface area contributed by atoms with Crippen LogP contribution in [0.2, 0.25) is 0 Å². The summed E-state index contributed by atoms with van der Waals surface area (Å²) in [6.07, 6.45) is 2.73. The zero-order valence-electron chi connectivity index (χ0n) is 19.2. The summed E-state index contributed by atoms with van der Waals surface area (Å²) < 4.78 is 11.8. The van der Waals surface area contributed by atoms with Crippen LogP contribution in [0.3, 0.4) is 0 Å². The van der Waals surface area contributed by atoms with Crippen molar-refractivity contribution in [2.24, 2.45) is 0 Å². The summed E-state index contributed by atoms with van der Waals surface area (Å²) in [7, 11) is 1.65. The number of pyridine rings is 2. The van der Waals surface area contributed by atoms with Gasteiger partial charge >= 0.3 is 0 Å². The van der Waals surface area contributed by atoms with Crippen molar-refractivity contribution in [3.05, 3.63) is 36.0 Å². The first-order chi connectivity index (χ1) is 15.5. The predicted octanol–water partition coefficient (Wildman–Crippen LogP) is 4.53. The van der Waals surface area contributed by atoms with E-state index in [0.29, 0.717) is 29.6 Å². The Morgan fingerprint density at radius 3 is 2.50 bits per heavy atom. The number of nitrogens with two attached hydrogens (primary N) is 2. The van der Waals surface area contributed by atoms with Gasteiger partial charge < -0.3 is 25.8 Å². The van der Waals surface area contributed by atoms with E-state index in [1.54, 1.807) is 13.3 Å². The van der Waals surface area contributed by atoms with Gasteiger partial charge in [-0.2, -0.15) is 0 Å². The number of aryl methyl sites for hydroxylation is 1. The predicted molar refractivity (Wildman–Crippen MR) is 133 cm³/mol. The summed E-state index contributed by atoms with van der Waals surface area (Å²) in [4.78, 5) is 11.6. The van der Waals surface area contributed by atoms with Crippen LogP contribution in [0.4, 0.5) is 11.5 Å². The molecule has 0 spiro atoms. The highest BCUT2D eigenvalue weighted by molar-refractivity contribution is 6.21. The number of nitrogens with zero attached hydrogens (tertiary/aromatic N) is 3. The molecule has 0 aliphatic heterocycles. The van der Waals surface area contributed by atoms with E-state index in [1.165, 1.54) is 0 Å². The smallest absolute Gasteiger partial charge is 0.163 e. The Labute approximate surface area is 188 Å². The maximum atomic E-state index is 6.31. The third-order valence-electron chi connectivity index (χ3n) is 6.17. The fourth-order valence-corrected chi connectivity index (χ4v) is 4.21. The zero-order valence-corrected chi connectivity index (χ0v) is 19.2. The molecule has 0 fully saturated rings. The van der Waals surface area contributed by atoms with Crippen LogP contribution in [-0.2, 0) is 0 Å². The summed E-state index contributed by atoms with van der Waals surface area (Å²) in [5.41, 5.74) is 15.7. The Morgan fingerprint density at radius 2 is 1.78 bits per heavy atom. The number of nitrogen functional groups attached to an aromatic ring is 2. The van der Waals surface area contributed by atoms with Crippen molar-refractivity contribution in [3.63, 3.8) is 0 Å². The Bertz CT molecular complexity index is 1280. The van der Waals surface area contributed by atoms with Crippen LogP contribution < -0.4 is 20.9 Å². The van der Waals surface area contributed by atoms with E-state index in [1.807, 2.05) is 31.2 Å². The monoisotopic (exact) mass is 433 g/mol. The van der Waals surface area contributed by atoms with Crippen LogP contribution in [0.1, 0.15) is 25.8 Å². The standard InChI is InChI=1S/C25H31N5O2/c1-5-30(6-2)10-7-11-32-22-13-20-17(12-21(22)31-4)23-16-8-9-19(26)15(3)24(16)29-25(27)18(23)14-28-20/h8-9,12-14H,5-7,10-11,26H2,1-4H3,(H2,27,29). The van der Waals surface area contributed by atoms with Gasteiger partial charge in [0.15, 0.2) is 11.5 Å². The molecule has 0 radical (unpaired) electrons. The van der Waals surface area contributed by atoms with E-state index < -0.39 is 0 Å². The average molecular weight is 434 g/mol. The van der Waals surface area contributed by atoms with E-state index in [0.717, 1.165) is 64.2 Å². The minimum absolute atomic E-state index is 0.436. The van der Waals surface area contributed by atoms with Crippen LogP contribution in [0.5, 0.6) is 11.5 Å². The van der Waals surface area contributed by atoms with Crippen LogP contribution in [-0.4, -0.2) is 48.2 Å². The Hall–Kier alpha value is -3.32. The number of rotatable bonds is 8. The van der Waals surface area contributed by atoms with Gasteiger partial charge in [0.25, 0.3) is 0 Å². The van der Waals surface area contributed by atoms with E-state index >= 15 is 0 Å². The molecule has 0 aliphatic carbocycles. The summed E-state index contributed by atoms with van der Waals surface area (Å²) in [5, 5.41) is 3.73. The molecule has 32 heavy (non-hydrogen) atoms. The first-order valence-corrected chi connectivity index (χ1v) is 11.1. The molecule has 4 aromatic rings. The highest BCUT2D eigenvalue weighted by Gasteiger charge is 2.16. The first kappa shape index (κ1) is 21.9. The van der Waals surface area contributed by atoms with Crippen molar-refractivity contribution < 1.29 is 9.47 Å². The lowest BCUT2D eigenvalue weighted by atomic mass is 9.99. The van der Waals surface area contributed by atoms with Gasteiger partial charge in [-0.1, -0.05) is 19.9 Å². The molecule has 0 amide bonds. The summed E-state index contributed by atoms with van der Waals surface area (Å²) in [6, 6.07) is 7.83. The summed E-state index contributed by atoms with van der Waals surface area (Å²) in [5.74, 6) is 1.80. The number of hydrogen-bond acceptors (Lipinski definition) is 7. The molecule has 0 atom stereocenters. The normalized spacial score (nSPS) is 11.7. The molecule has 168 valence electrons. The molecule has 4 rings (SSSR count). The topological polar surface area (TPSA) is 99.5 Å². The fraction of sp³-hybridized carbons (Fsp3) is 0.360. The second kappa shape index (κ2) is 9.04. The summed E-state index contributed by atoms with van der Waals surface area (Å²) >= 11 is 0. The molecule has 2 aromatic carbocycles. The van der Waals surface area contributed by atoms with E-state index in [2.05, 4.69) is 28.7 Å². The Kier molecular flexibility index (Phi) is 6.19. The Morgan fingerprint density at radius 1 is 1.00 bits per heavy atom. The average Bonchev–Trinajstić information content (AvgIpc) is 2.81. The summed E-state index contributed by atoms with van der Waals surface area (Å²) in [6.45, 7) is 10.0. The molecule has 4 N–H and O–H groups in total. The zero-order chi connectivity index (χ0) is 22.8. The molecule has 0 unspecified atom stereocenters. The maximum Gasteiger partial charge on any atom is 0.163 e. The van der Waals surface area contributed by atoms with Crippen molar-refractivity contribution >= 4 is 44.1 Å². The maximum absolute atomic E-state index is 6.31. The van der Waals surface area contributed by atoms with Gasteiger partial charge in [0.05, 0.1) is 24.8 Å². The molecule has 0 bridgehead atoms. The number of anilines is 2. The number of benzene rings is 2. The number of fused-ring (bicyclic) bond motifs is 5. The molecule has 7 heteroatoms. The van der Waals surface area contributed by atoms with Gasteiger partial charge in [-0.3, -0.25) is 4.98 Å². The van der Waals surface area contributed by atoms with Crippen molar-refractivity contribution in [2.75, 3.05) is 44.8 Å². The van der Waals surface area contributed by atoms with Gasteiger partial charge in [0.1, 0.15) is 5.82 Å². The fourth-order valence-electron chi connectivity index (χ4n) is 4.21.